The van der Waals surface area contributed by atoms with E-state index in [4.69, 9.17) is 14.2 Å². The van der Waals surface area contributed by atoms with E-state index in [9.17, 15) is 9.59 Å². The highest BCUT2D eigenvalue weighted by Gasteiger charge is 2.45. The molecule has 1 N–H and O–H groups in total. The first-order valence-electron chi connectivity index (χ1n) is 12.8. The Kier molecular flexibility index (Phi) is 7.43. The Hall–Kier alpha value is -3.06. The fourth-order valence-electron chi connectivity index (χ4n) is 5.97. The van der Waals surface area contributed by atoms with Crippen LogP contribution in [0.25, 0.3) is 0 Å². The number of fused-ring (bicyclic) bond motifs is 1. The zero-order valence-corrected chi connectivity index (χ0v) is 23.0. The van der Waals surface area contributed by atoms with Crippen LogP contribution in [0, 0.1) is 5.92 Å². The van der Waals surface area contributed by atoms with Gasteiger partial charge in [-0.3, -0.25) is 4.79 Å². The van der Waals surface area contributed by atoms with Crippen molar-refractivity contribution in [3.8, 4) is 11.5 Å². The summed E-state index contributed by atoms with van der Waals surface area (Å²) in [6.45, 7) is 1.89. The predicted octanol–water partition coefficient (Wildman–Crippen LogP) is 6.17. The third kappa shape index (κ3) is 4.93. The number of carbonyl (C=O) groups excluding carboxylic acids is 2. The van der Waals surface area contributed by atoms with Crippen molar-refractivity contribution >= 4 is 27.7 Å². The third-order valence-corrected chi connectivity index (χ3v) is 8.35. The summed E-state index contributed by atoms with van der Waals surface area (Å²) in [4.78, 5) is 27.5. The number of hydrogen-bond acceptors (Lipinski definition) is 6. The molecule has 0 saturated heterocycles. The monoisotopic (exact) mass is 565 g/mol. The molecule has 2 aliphatic carbocycles. The molecule has 0 aromatic heterocycles. The van der Waals surface area contributed by atoms with Crippen LogP contribution < -0.4 is 14.8 Å². The second-order valence-corrected chi connectivity index (χ2v) is 10.8. The van der Waals surface area contributed by atoms with Crippen LogP contribution in [0.2, 0.25) is 0 Å². The highest BCUT2D eigenvalue weighted by Crippen LogP contribution is 2.48. The van der Waals surface area contributed by atoms with E-state index >= 15 is 0 Å². The van der Waals surface area contributed by atoms with Crippen LogP contribution in [-0.2, 0) is 14.3 Å². The summed E-state index contributed by atoms with van der Waals surface area (Å²) in [7, 11) is 3.26. The van der Waals surface area contributed by atoms with Crippen molar-refractivity contribution in [1.29, 1.82) is 0 Å². The molecule has 1 heterocycles. The zero-order chi connectivity index (χ0) is 26.1. The van der Waals surface area contributed by atoms with Gasteiger partial charge in [-0.25, -0.2) is 4.79 Å². The first-order valence-corrected chi connectivity index (χ1v) is 13.6. The van der Waals surface area contributed by atoms with Crippen molar-refractivity contribution < 1.29 is 23.8 Å². The SMILES string of the molecule is COc1ccc(C2C(C(=O)OC3CCCC3)=C(C)NC3=CC(c4ccccc4OC)CC(=O)C32)cc1Br. The lowest BCUT2D eigenvalue weighted by molar-refractivity contribution is -0.144. The minimum absolute atomic E-state index is 0.0648. The number of halogens is 1. The average Bonchev–Trinajstić information content (AvgIpc) is 3.40. The maximum atomic E-state index is 13.9. The van der Waals surface area contributed by atoms with Crippen LogP contribution in [0.3, 0.4) is 0 Å². The number of ether oxygens (including phenoxy) is 3. The molecule has 1 aliphatic heterocycles. The van der Waals surface area contributed by atoms with Crippen LogP contribution in [-0.4, -0.2) is 32.1 Å². The molecule has 3 atom stereocenters. The summed E-state index contributed by atoms with van der Waals surface area (Å²) in [6, 6.07) is 13.6. The van der Waals surface area contributed by atoms with Gasteiger partial charge in [0, 0.05) is 35.2 Å². The van der Waals surface area contributed by atoms with Crippen LogP contribution >= 0.6 is 15.9 Å². The molecule has 194 valence electrons. The molecule has 5 rings (SSSR count). The number of para-hydroxylation sites is 1. The van der Waals surface area contributed by atoms with Crippen molar-refractivity contribution in [3.05, 3.63) is 81.1 Å². The summed E-state index contributed by atoms with van der Waals surface area (Å²) in [5.74, 6) is 0.0934. The van der Waals surface area contributed by atoms with Crippen molar-refractivity contribution in [2.75, 3.05) is 14.2 Å². The molecule has 0 radical (unpaired) electrons. The summed E-state index contributed by atoms with van der Waals surface area (Å²) in [5.41, 5.74) is 3.90. The normalized spacial score (nSPS) is 23.7. The van der Waals surface area contributed by atoms with E-state index in [0.717, 1.165) is 58.4 Å². The number of benzene rings is 2. The molecule has 1 fully saturated rings. The summed E-state index contributed by atoms with van der Waals surface area (Å²) in [6.07, 6.45) is 6.30. The van der Waals surface area contributed by atoms with E-state index in [1.165, 1.54) is 0 Å². The lowest BCUT2D eigenvalue weighted by atomic mass is 9.68. The van der Waals surface area contributed by atoms with Crippen LogP contribution in [0.5, 0.6) is 11.5 Å². The Morgan fingerprint density at radius 2 is 1.73 bits per heavy atom. The second kappa shape index (κ2) is 10.7. The Balaban J connectivity index is 1.59. The van der Waals surface area contributed by atoms with E-state index in [1.54, 1.807) is 14.2 Å². The minimum atomic E-state index is -0.513. The lowest BCUT2D eigenvalue weighted by Crippen LogP contribution is -2.42. The number of hydrogen-bond donors (Lipinski definition) is 1. The van der Waals surface area contributed by atoms with Gasteiger partial charge in [0.15, 0.2) is 0 Å². The number of methoxy groups -OCH3 is 2. The number of ketones is 1. The molecular weight excluding hydrogens is 534 g/mol. The maximum absolute atomic E-state index is 13.9. The highest BCUT2D eigenvalue weighted by molar-refractivity contribution is 9.10. The number of esters is 1. The fraction of sp³-hybridized carbons (Fsp3) is 0.400. The van der Waals surface area contributed by atoms with Gasteiger partial charge in [0.2, 0.25) is 0 Å². The fourth-order valence-corrected chi connectivity index (χ4v) is 6.53. The predicted molar refractivity (Wildman–Crippen MR) is 145 cm³/mol. The van der Waals surface area contributed by atoms with E-state index < -0.39 is 11.8 Å². The Morgan fingerprint density at radius 1 is 1.00 bits per heavy atom. The first-order chi connectivity index (χ1) is 17.9. The second-order valence-electron chi connectivity index (χ2n) is 9.97. The van der Waals surface area contributed by atoms with Crippen molar-refractivity contribution in [1.82, 2.24) is 5.32 Å². The van der Waals surface area contributed by atoms with Crippen LogP contribution in [0.4, 0.5) is 0 Å². The topological polar surface area (TPSA) is 73.9 Å². The Morgan fingerprint density at radius 3 is 2.43 bits per heavy atom. The largest absolute Gasteiger partial charge is 0.496 e. The molecule has 2 aromatic rings. The molecule has 2 aromatic carbocycles. The molecular formula is C30H32BrNO5. The number of carbonyl (C=O) groups is 2. The van der Waals surface area contributed by atoms with Gasteiger partial charge in [0.25, 0.3) is 0 Å². The van der Waals surface area contributed by atoms with Crippen LogP contribution in [0.1, 0.15) is 62.0 Å². The lowest BCUT2D eigenvalue weighted by Gasteiger charge is -2.40. The van der Waals surface area contributed by atoms with Crippen molar-refractivity contribution in [3.63, 3.8) is 0 Å². The molecule has 0 bridgehead atoms. The molecule has 7 heteroatoms. The van der Waals surface area contributed by atoms with E-state index in [1.807, 2.05) is 49.4 Å². The molecule has 3 unspecified atom stereocenters. The molecule has 0 amide bonds. The number of nitrogens with one attached hydrogen (secondary N) is 1. The van der Waals surface area contributed by atoms with Gasteiger partial charge in [-0.1, -0.05) is 30.3 Å². The van der Waals surface area contributed by atoms with Gasteiger partial charge in [-0.15, -0.1) is 0 Å². The molecule has 3 aliphatic rings. The zero-order valence-electron chi connectivity index (χ0n) is 21.4. The van der Waals surface area contributed by atoms with E-state index in [0.29, 0.717) is 17.7 Å². The van der Waals surface area contributed by atoms with Crippen LogP contribution in [0.15, 0.2) is 70.0 Å². The smallest absolute Gasteiger partial charge is 0.336 e. The maximum Gasteiger partial charge on any atom is 0.336 e. The van der Waals surface area contributed by atoms with Crippen molar-refractivity contribution in [2.24, 2.45) is 5.92 Å². The average molecular weight is 566 g/mol. The number of Topliss-reactive ketones (excluding diaryl/α,β-unsaturated/α-hetero) is 1. The Labute approximate surface area is 226 Å². The summed E-state index contributed by atoms with van der Waals surface area (Å²) in [5, 5.41) is 3.42. The van der Waals surface area contributed by atoms with Gasteiger partial charge in [-0.05, 0) is 72.3 Å². The number of allylic oxidation sites excluding steroid dienone is 3. The van der Waals surface area contributed by atoms with Gasteiger partial charge >= 0.3 is 5.97 Å². The van der Waals surface area contributed by atoms with E-state index in [2.05, 4.69) is 27.3 Å². The number of rotatable bonds is 6. The molecule has 37 heavy (non-hydrogen) atoms. The van der Waals surface area contributed by atoms with Gasteiger partial charge in [0.05, 0.1) is 30.2 Å². The van der Waals surface area contributed by atoms with Gasteiger partial charge in [0.1, 0.15) is 23.4 Å². The first kappa shape index (κ1) is 25.6. The van der Waals surface area contributed by atoms with E-state index in [-0.39, 0.29) is 23.8 Å². The minimum Gasteiger partial charge on any atom is -0.496 e. The summed E-state index contributed by atoms with van der Waals surface area (Å²) >= 11 is 3.59. The highest BCUT2D eigenvalue weighted by atomic mass is 79.9. The van der Waals surface area contributed by atoms with Gasteiger partial charge < -0.3 is 19.5 Å². The quantitative estimate of drug-likeness (QED) is 0.422. The Bertz CT molecular complexity index is 1280. The third-order valence-electron chi connectivity index (χ3n) is 7.73. The molecule has 6 nitrogen and oxygen atoms in total. The summed E-state index contributed by atoms with van der Waals surface area (Å²) < 4.78 is 17.7. The molecule has 1 saturated carbocycles. The standard InChI is InChI=1S/C30H32BrNO5/c1-17-27(30(34)37-20-8-4-5-9-20)28(18-12-13-26(36-3)22(31)14-18)29-23(32-17)15-19(16-24(29)33)21-10-6-7-11-25(21)35-2/h6-7,10-15,19-20,28-29,32H,4-5,8-9,16H2,1-3H3. The van der Waals surface area contributed by atoms with Gasteiger partial charge in [-0.2, -0.15) is 0 Å². The van der Waals surface area contributed by atoms with Crippen molar-refractivity contribution in [2.45, 2.75) is 57.0 Å². The molecule has 0 spiro atoms.